The molecule has 1 amide bonds. The highest BCUT2D eigenvalue weighted by Gasteiger charge is 2.11. The second-order valence-electron chi connectivity index (χ2n) is 4.16. The van der Waals surface area contributed by atoms with Crippen molar-refractivity contribution in [2.75, 3.05) is 11.1 Å². The number of para-hydroxylation sites is 1. The van der Waals surface area contributed by atoms with E-state index in [0.717, 1.165) is 5.69 Å². The Hall–Kier alpha value is -2.82. The van der Waals surface area contributed by atoms with Crippen molar-refractivity contribution in [2.45, 2.75) is 0 Å². The molecular formula is C14H12N4O. The molecule has 19 heavy (non-hydrogen) atoms. The standard InChI is InChI=1S/C14H12N4O/c15-10-6-7-16-11-8-12(18-13(10)11)14(19)17-9-4-2-1-3-5-9/h1-8,18H,(H2,15,16)(H,17,19). The first-order chi connectivity index (χ1) is 9.24. The van der Waals surface area contributed by atoms with Crippen LogP contribution in [-0.4, -0.2) is 15.9 Å². The highest BCUT2D eigenvalue weighted by molar-refractivity contribution is 6.06. The van der Waals surface area contributed by atoms with E-state index in [1.807, 2.05) is 30.3 Å². The Labute approximate surface area is 109 Å². The number of rotatable bonds is 2. The molecule has 0 atom stereocenters. The second kappa shape index (κ2) is 4.45. The third kappa shape index (κ3) is 2.13. The largest absolute Gasteiger partial charge is 0.397 e. The molecule has 0 spiro atoms. The van der Waals surface area contributed by atoms with Crippen LogP contribution < -0.4 is 11.1 Å². The number of aromatic nitrogens is 2. The van der Waals surface area contributed by atoms with Gasteiger partial charge in [-0.1, -0.05) is 18.2 Å². The van der Waals surface area contributed by atoms with E-state index in [4.69, 9.17) is 5.73 Å². The first-order valence-corrected chi connectivity index (χ1v) is 5.83. The second-order valence-corrected chi connectivity index (χ2v) is 4.16. The van der Waals surface area contributed by atoms with E-state index >= 15 is 0 Å². The van der Waals surface area contributed by atoms with Crippen LogP contribution in [-0.2, 0) is 0 Å². The van der Waals surface area contributed by atoms with Crippen molar-refractivity contribution in [2.24, 2.45) is 0 Å². The average Bonchev–Trinajstić information content (AvgIpc) is 2.85. The number of anilines is 2. The van der Waals surface area contributed by atoms with Gasteiger partial charge >= 0.3 is 0 Å². The number of nitrogens with zero attached hydrogens (tertiary/aromatic N) is 1. The van der Waals surface area contributed by atoms with E-state index in [1.165, 1.54) is 0 Å². The molecule has 94 valence electrons. The number of nitrogen functional groups attached to an aromatic ring is 1. The zero-order chi connectivity index (χ0) is 13.2. The van der Waals surface area contributed by atoms with Gasteiger partial charge in [-0.05, 0) is 24.3 Å². The van der Waals surface area contributed by atoms with Crippen molar-refractivity contribution in [3.63, 3.8) is 0 Å². The summed E-state index contributed by atoms with van der Waals surface area (Å²) in [5.74, 6) is -0.219. The summed E-state index contributed by atoms with van der Waals surface area (Å²) in [6, 6.07) is 12.6. The highest BCUT2D eigenvalue weighted by atomic mass is 16.1. The minimum atomic E-state index is -0.219. The lowest BCUT2D eigenvalue weighted by atomic mass is 10.3. The van der Waals surface area contributed by atoms with Gasteiger partial charge in [0.15, 0.2) is 0 Å². The van der Waals surface area contributed by atoms with E-state index < -0.39 is 0 Å². The minimum Gasteiger partial charge on any atom is -0.397 e. The number of hydrogen-bond donors (Lipinski definition) is 3. The van der Waals surface area contributed by atoms with Gasteiger partial charge in [-0.2, -0.15) is 0 Å². The summed E-state index contributed by atoms with van der Waals surface area (Å²) in [6.45, 7) is 0. The summed E-state index contributed by atoms with van der Waals surface area (Å²) < 4.78 is 0. The molecule has 0 aliphatic rings. The lowest BCUT2D eigenvalue weighted by molar-refractivity contribution is 0.102. The first kappa shape index (κ1) is 11.3. The highest BCUT2D eigenvalue weighted by Crippen LogP contribution is 2.19. The molecule has 0 saturated heterocycles. The Bertz CT molecular complexity index is 734. The summed E-state index contributed by atoms with van der Waals surface area (Å²) in [5.41, 5.74) is 8.93. The van der Waals surface area contributed by atoms with Crippen molar-refractivity contribution in [3.05, 3.63) is 54.4 Å². The number of hydrogen-bond acceptors (Lipinski definition) is 3. The zero-order valence-electron chi connectivity index (χ0n) is 10.1. The molecule has 4 N–H and O–H groups in total. The molecule has 0 radical (unpaired) electrons. The molecule has 0 unspecified atom stereocenters. The SMILES string of the molecule is Nc1ccnc2cc(C(=O)Nc3ccccc3)[nH]c12. The van der Waals surface area contributed by atoms with Crippen molar-refractivity contribution >= 4 is 28.3 Å². The Morgan fingerprint density at radius 1 is 1.21 bits per heavy atom. The summed E-state index contributed by atoms with van der Waals surface area (Å²) >= 11 is 0. The van der Waals surface area contributed by atoms with Crippen LogP contribution in [0, 0.1) is 0 Å². The van der Waals surface area contributed by atoms with Crippen LogP contribution in [0.3, 0.4) is 0 Å². The van der Waals surface area contributed by atoms with E-state index in [-0.39, 0.29) is 5.91 Å². The fraction of sp³-hybridized carbons (Fsp3) is 0. The van der Waals surface area contributed by atoms with Gasteiger partial charge in [-0.15, -0.1) is 0 Å². The summed E-state index contributed by atoms with van der Waals surface area (Å²) in [7, 11) is 0. The number of H-pyrrole nitrogens is 1. The average molecular weight is 252 g/mol. The Morgan fingerprint density at radius 3 is 2.74 bits per heavy atom. The molecule has 3 aromatic rings. The van der Waals surface area contributed by atoms with Crippen molar-refractivity contribution in [3.8, 4) is 0 Å². The number of pyridine rings is 1. The molecule has 1 aromatic carbocycles. The first-order valence-electron chi connectivity index (χ1n) is 5.83. The molecule has 2 aromatic heterocycles. The topological polar surface area (TPSA) is 83.8 Å². The smallest absolute Gasteiger partial charge is 0.272 e. The maximum Gasteiger partial charge on any atom is 0.272 e. The maximum absolute atomic E-state index is 12.1. The monoisotopic (exact) mass is 252 g/mol. The van der Waals surface area contributed by atoms with Gasteiger partial charge in [0, 0.05) is 11.9 Å². The summed E-state index contributed by atoms with van der Waals surface area (Å²) in [5, 5.41) is 2.80. The number of aromatic amines is 1. The van der Waals surface area contributed by atoms with E-state index in [0.29, 0.717) is 22.4 Å². The molecule has 0 aliphatic heterocycles. The predicted molar refractivity (Wildman–Crippen MR) is 74.9 cm³/mol. The molecule has 2 heterocycles. The number of carbonyl (C=O) groups is 1. The lowest BCUT2D eigenvalue weighted by Crippen LogP contribution is -2.11. The van der Waals surface area contributed by atoms with E-state index in [2.05, 4.69) is 15.3 Å². The molecule has 3 rings (SSSR count). The number of fused-ring (bicyclic) bond motifs is 1. The molecule has 0 aliphatic carbocycles. The molecule has 0 fully saturated rings. The van der Waals surface area contributed by atoms with Crippen molar-refractivity contribution in [1.29, 1.82) is 0 Å². The fourth-order valence-corrected chi connectivity index (χ4v) is 1.89. The Balaban J connectivity index is 1.92. The zero-order valence-corrected chi connectivity index (χ0v) is 10.1. The van der Waals surface area contributed by atoms with Gasteiger partial charge in [0.2, 0.25) is 0 Å². The van der Waals surface area contributed by atoms with Crippen LogP contribution in [0.2, 0.25) is 0 Å². The number of nitrogens with two attached hydrogens (primary N) is 1. The Kier molecular flexibility index (Phi) is 2.64. The van der Waals surface area contributed by atoms with Gasteiger partial charge in [-0.3, -0.25) is 9.78 Å². The molecule has 0 saturated carbocycles. The number of amides is 1. The van der Waals surface area contributed by atoms with E-state index in [1.54, 1.807) is 18.3 Å². The lowest BCUT2D eigenvalue weighted by Gasteiger charge is -2.02. The number of nitrogens with one attached hydrogen (secondary N) is 2. The summed E-state index contributed by atoms with van der Waals surface area (Å²) in [6.07, 6.45) is 1.62. The molecular weight excluding hydrogens is 240 g/mol. The van der Waals surface area contributed by atoms with Gasteiger partial charge in [-0.25, -0.2) is 0 Å². The van der Waals surface area contributed by atoms with Crippen LogP contribution in [0.15, 0.2) is 48.7 Å². The quantitative estimate of drug-likeness (QED) is 0.654. The maximum atomic E-state index is 12.1. The number of carbonyl (C=O) groups excluding carboxylic acids is 1. The van der Waals surface area contributed by atoms with Crippen LogP contribution in [0.4, 0.5) is 11.4 Å². The fourth-order valence-electron chi connectivity index (χ4n) is 1.89. The normalized spacial score (nSPS) is 10.5. The van der Waals surface area contributed by atoms with Crippen molar-refractivity contribution < 1.29 is 4.79 Å². The predicted octanol–water partition coefficient (Wildman–Crippen LogP) is 2.40. The minimum absolute atomic E-state index is 0.219. The van der Waals surface area contributed by atoms with Gasteiger partial charge in [0.1, 0.15) is 5.69 Å². The van der Waals surface area contributed by atoms with Crippen molar-refractivity contribution in [1.82, 2.24) is 9.97 Å². The third-order valence-corrected chi connectivity index (χ3v) is 2.83. The van der Waals surface area contributed by atoms with Crippen LogP contribution in [0.1, 0.15) is 10.5 Å². The van der Waals surface area contributed by atoms with Gasteiger partial charge in [0.25, 0.3) is 5.91 Å². The number of benzene rings is 1. The van der Waals surface area contributed by atoms with Gasteiger partial charge in [0.05, 0.1) is 16.7 Å². The van der Waals surface area contributed by atoms with Crippen LogP contribution >= 0.6 is 0 Å². The molecule has 5 heteroatoms. The van der Waals surface area contributed by atoms with Gasteiger partial charge < -0.3 is 16.0 Å². The van der Waals surface area contributed by atoms with Crippen LogP contribution in [0.25, 0.3) is 11.0 Å². The van der Waals surface area contributed by atoms with Crippen LogP contribution in [0.5, 0.6) is 0 Å². The third-order valence-electron chi connectivity index (χ3n) is 2.83. The molecule has 0 bridgehead atoms. The molecule has 5 nitrogen and oxygen atoms in total. The summed E-state index contributed by atoms with van der Waals surface area (Å²) in [4.78, 5) is 19.2. The Morgan fingerprint density at radius 2 is 2.00 bits per heavy atom. The van der Waals surface area contributed by atoms with E-state index in [9.17, 15) is 4.79 Å².